The van der Waals surface area contributed by atoms with Gasteiger partial charge in [-0.3, -0.25) is 9.78 Å². The second-order valence-corrected chi connectivity index (χ2v) is 7.92. The fourth-order valence-electron chi connectivity index (χ4n) is 3.85. The van der Waals surface area contributed by atoms with Crippen LogP contribution in [-0.4, -0.2) is 35.4 Å². The first-order chi connectivity index (χ1) is 14.9. The number of carbonyl (C=O) groups is 2. The van der Waals surface area contributed by atoms with E-state index in [-0.39, 0.29) is 17.8 Å². The van der Waals surface area contributed by atoms with Crippen LogP contribution in [0.2, 0.25) is 0 Å². The molecule has 1 aromatic heterocycles. The van der Waals surface area contributed by atoms with Crippen LogP contribution in [0.25, 0.3) is 17.1 Å². The molecular weight excluding hydrogens is 390 g/mol. The fraction of sp³-hybridized carbons (Fsp3) is 0.200. The van der Waals surface area contributed by atoms with E-state index in [1.807, 2.05) is 54.4 Å². The van der Waals surface area contributed by atoms with Crippen molar-refractivity contribution in [3.05, 3.63) is 83.8 Å². The lowest BCUT2D eigenvalue weighted by atomic mass is 9.83. The van der Waals surface area contributed by atoms with E-state index < -0.39 is 5.97 Å². The maximum Gasteiger partial charge on any atom is 0.331 e. The average molecular weight is 413 g/mol. The third-order valence-corrected chi connectivity index (χ3v) is 5.45. The van der Waals surface area contributed by atoms with Gasteiger partial charge in [-0.05, 0) is 29.8 Å². The molecule has 0 N–H and O–H groups in total. The monoisotopic (exact) mass is 413 g/mol. The molecule has 4 rings (SSSR count). The fourth-order valence-corrected chi connectivity index (χ4v) is 3.85. The molecule has 0 aliphatic carbocycles. The van der Waals surface area contributed by atoms with Gasteiger partial charge in [-0.15, -0.1) is 0 Å². The number of aromatic nitrogens is 2. The summed E-state index contributed by atoms with van der Waals surface area (Å²) in [6, 6.07) is 15.5. The minimum Gasteiger partial charge on any atom is -0.454 e. The van der Waals surface area contributed by atoms with Crippen LogP contribution in [0.3, 0.4) is 0 Å². The van der Waals surface area contributed by atoms with E-state index in [0.717, 1.165) is 28.0 Å². The van der Waals surface area contributed by atoms with E-state index in [9.17, 15) is 9.59 Å². The van der Waals surface area contributed by atoms with Crippen molar-refractivity contribution in [2.24, 2.45) is 0 Å². The minimum absolute atomic E-state index is 0.269. The van der Waals surface area contributed by atoms with Crippen LogP contribution in [0.4, 0.5) is 5.69 Å². The number of hydrogen-bond donors (Lipinski definition) is 0. The number of benzene rings is 2. The Balaban J connectivity index is 1.39. The second kappa shape index (κ2) is 8.14. The maximum absolute atomic E-state index is 12.5. The number of ketones is 1. The lowest BCUT2D eigenvalue weighted by molar-refractivity contribution is -0.141. The number of esters is 1. The summed E-state index contributed by atoms with van der Waals surface area (Å²) in [5.74, 6) is -0.876. The molecule has 0 saturated heterocycles. The summed E-state index contributed by atoms with van der Waals surface area (Å²) in [4.78, 5) is 35.3. The lowest BCUT2D eigenvalue weighted by Gasteiger charge is -2.23. The van der Waals surface area contributed by atoms with Crippen LogP contribution in [0, 0.1) is 0 Å². The largest absolute Gasteiger partial charge is 0.454 e. The van der Waals surface area contributed by atoms with Crippen molar-refractivity contribution in [2.75, 3.05) is 18.6 Å². The van der Waals surface area contributed by atoms with Crippen LogP contribution in [0.5, 0.6) is 0 Å². The predicted molar refractivity (Wildman–Crippen MR) is 120 cm³/mol. The number of anilines is 1. The Morgan fingerprint density at radius 2 is 1.77 bits per heavy atom. The number of carbonyl (C=O) groups excluding carboxylic acids is 2. The lowest BCUT2D eigenvalue weighted by Crippen LogP contribution is -2.25. The molecule has 0 unspecified atom stereocenters. The van der Waals surface area contributed by atoms with Crippen molar-refractivity contribution < 1.29 is 14.3 Å². The Hall–Kier alpha value is -3.80. The molecular formula is C25H23N3O3. The molecule has 6 heteroatoms. The summed E-state index contributed by atoms with van der Waals surface area (Å²) in [6.07, 6.45) is 5.92. The van der Waals surface area contributed by atoms with Crippen molar-refractivity contribution in [1.29, 1.82) is 0 Å². The zero-order chi connectivity index (χ0) is 22.0. The number of para-hydroxylation sites is 3. The number of hydrogen-bond acceptors (Lipinski definition) is 6. The molecule has 1 aliphatic heterocycles. The van der Waals surface area contributed by atoms with Crippen molar-refractivity contribution >= 4 is 34.5 Å². The molecule has 0 atom stereocenters. The standard InChI is InChI=1S/C25H23N3O3/c1-25(2)19-8-4-7-11-22(19)28(3)23(25)14-18(29)16-31-24(30)13-12-17-15-26-20-9-5-6-10-21(20)27-17/h4-15H,16H2,1-3H3/b13-12+,23-14+. The van der Waals surface area contributed by atoms with Gasteiger partial charge in [-0.2, -0.15) is 0 Å². The molecule has 6 nitrogen and oxygen atoms in total. The summed E-state index contributed by atoms with van der Waals surface area (Å²) in [7, 11) is 1.94. The van der Waals surface area contributed by atoms with Gasteiger partial charge in [0.25, 0.3) is 0 Å². The first-order valence-corrected chi connectivity index (χ1v) is 10.0. The van der Waals surface area contributed by atoms with E-state index in [4.69, 9.17) is 4.74 Å². The Morgan fingerprint density at radius 1 is 1.06 bits per heavy atom. The highest BCUT2D eigenvalue weighted by Gasteiger charge is 2.38. The Labute approximate surface area is 180 Å². The van der Waals surface area contributed by atoms with Gasteiger partial charge in [-0.25, -0.2) is 9.78 Å². The number of ether oxygens (including phenoxy) is 1. The Bertz CT molecular complexity index is 1230. The molecule has 31 heavy (non-hydrogen) atoms. The van der Waals surface area contributed by atoms with E-state index in [1.165, 1.54) is 12.2 Å². The van der Waals surface area contributed by atoms with E-state index in [2.05, 4.69) is 29.9 Å². The summed E-state index contributed by atoms with van der Waals surface area (Å²) in [6.45, 7) is 3.83. The SMILES string of the molecule is CN1/C(=C/C(=O)COC(=O)/C=C/c2cnc3ccccc3n2)C(C)(C)c2ccccc21. The van der Waals surface area contributed by atoms with Gasteiger partial charge in [0, 0.05) is 36.0 Å². The van der Waals surface area contributed by atoms with Crippen molar-refractivity contribution in [3.8, 4) is 0 Å². The van der Waals surface area contributed by atoms with Gasteiger partial charge in [0.2, 0.25) is 0 Å². The van der Waals surface area contributed by atoms with Crippen LogP contribution in [0.1, 0.15) is 25.1 Å². The van der Waals surface area contributed by atoms with Gasteiger partial charge in [0.15, 0.2) is 12.4 Å². The highest BCUT2D eigenvalue weighted by molar-refractivity contribution is 5.96. The summed E-state index contributed by atoms with van der Waals surface area (Å²) in [5, 5.41) is 0. The maximum atomic E-state index is 12.5. The number of fused-ring (bicyclic) bond motifs is 2. The molecule has 0 fully saturated rings. The van der Waals surface area contributed by atoms with Crippen LogP contribution in [0.15, 0.2) is 72.6 Å². The van der Waals surface area contributed by atoms with Crippen LogP contribution < -0.4 is 4.90 Å². The van der Waals surface area contributed by atoms with E-state index in [0.29, 0.717) is 5.69 Å². The first-order valence-electron chi connectivity index (χ1n) is 10.0. The molecule has 2 heterocycles. The number of nitrogens with zero attached hydrogens (tertiary/aromatic N) is 3. The Morgan fingerprint density at radius 3 is 2.55 bits per heavy atom. The highest BCUT2D eigenvalue weighted by Crippen LogP contribution is 2.46. The predicted octanol–water partition coefficient (Wildman–Crippen LogP) is 4.07. The molecule has 1 aliphatic rings. The number of likely N-dealkylation sites (N-methyl/N-ethyl adjacent to an activating group) is 1. The first kappa shape index (κ1) is 20.5. The summed E-state index contributed by atoms with van der Waals surface area (Å²) >= 11 is 0. The minimum atomic E-state index is -0.607. The van der Waals surface area contributed by atoms with Gasteiger partial charge in [0.1, 0.15) is 0 Å². The number of rotatable bonds is 5. The number of allylic oxidation sites excluding steroid dienone is 1. The molecule has 3 aromatic rings. The van der Waals surface area contributed by atoms with Gasteiger partial charge in [0.05, 0.1) is 22.9 Å². The molecule has 0 saturated carbocycles. The molecule has 0 radical (unpaired) electrons. The smallest absolute Gasteiger partial charge is 0.331 e. The third-order valence-electron chi connectivity index (χ3n) is 5.45. The van der Waals surface area contributed by atoms with Crippen LogP contribution >= 0.6 is 0 Å². The van der Waals surface area contributed by atoms with Gasteiger partial charge in [-0.1, -0.05) is 44.2 Å². The molecule has 2 aromatic carbocycles. The second-order valence-electron chi connectivity index (χ2n) is 7.92. The van der Waals surface area contributed by atoms with Crippen molar-refractivity contribution in [3.63, 3.8) is 0 Å². The summed E-state index contributed by atoms with van der Waals surface area (Å²) < 4.78 is 5.12. The molecule has 0 bridgehead atoms. The van der Waals surface area contributed by atoms with Crippen LogP contribution in [-0.2, 0) is 19.7 Å². The van der Waals surface area contributed by atoms with Gasteiger partial charge >= 0.3 is 5.97 Å². The summed E-state index contributed by atoms with van der Waals surface area (Å²) in [5.41, 5.74) is 4.86. The zero-order valence-electron chi connectivity index (χ0n) is 17.7. The molecule has 156 valence electrons. The van der Waals surface area contributed by atoms with Crippen molar-refractivity contribution in [2.45, 2.75) is 19.3 Å². The van der Waals surface area contributed by atoms with Crippen molar-refractivity contribution in [1.82, 2.24) is 9.97 Å². The average Bonchev–Trinajstić information content (AvgIpc) is 2.97. The quantitative estimate of drug-likeness (QED) is 0.464. The van der Waals surface area contributed by atoms with E-state index in [1.54, 1.807) is 12.3 Å². The van der Waals surface area contributed by atoms with Gasteiger partial charge < -0.3 is 9.64 Å². The zero-order valence-corrected chi connectivity index (χ0v) is 17.7. The highest BCUT2D eigenvalue weighted by atomic mass is 16.5. The molecule has 0 spiro atoms. The normalized spacial score (nSPS) is 16.1. The topological polar surface area (TPSA) is 72.4 Å². The Kier molecular flexibility index (Phi) is 5.38. The third kappa shape index (κ3) is 4.10. The molecule has 0 amide bonds. The van der Waals surface area contributed by atoms with E-state index >= 15 is 0 Å².